The molecule has 6 heteroatoms. The van der Waals surface area contributed by atoms with E-state index in [0.29, 0.717) is 23.1 Å². The number of methoxy groups -OCH3 is 1. The van der Waals surface area contributed by atoms with Gasteiger partial charge in [-0.05, 0) is 55.8 Å². The SMILES string of the molecule is CCCCOc1cccc(C(=O)Nc2nc(-c3ccc(OC)cc3)c(C)s2)c1. The number of anilines is 1. The topological polar surface area (TPSA) is 60.5 Å². The van der Waals surface area contributed by atoms with Gasteiger partial charge in [-0.25, -0.2) is 4.98 Å². The summed E-state index contributed by atoms with van der Waals surface area (Å²) in [4.78, 5) is 18.3. The summed E-state index contributed by atoms with van der Waals surface area (Å²) in [5.74, 6) is 1.30. The molecule has 0 aliphatic carbocycles. The van der Waals surface area contributed by atoms with Crippen LogP contribution in [0.1, 0.15) is 35.0 Å². The second-order valence-electron chi connectivity index (χ2n) is 6.34. The van der Waals surface area contributed by atoms with Gasteiger partial charge in [-0.15, -0.1) is 11.3 Å². The average molecular weight is 397 g/mol. The highest BCUT2D eigenvalue weighted by Crippen LogP contribution is 2.31. The van der Waals surface area contributed by atoms with Crippen molar-refractivity contribution in [2.45, 2.75) is 26.7 Å². The van der Waals surface area contributed by atoms with E-state index in [2.05, 4.69) is 17.2 Å². The van der Waals surface area contributed by atoms with Crippen LogP contribution in [0.5, 0.6) is 11.5 Å². The standard InChI is InChI=1S/C22H24N2O3S/c1-4-5-13-27-19-8-6-7-17(14-19)21(25)24-22-23-20(15(2)28-22)16-9-11-18(26-3)12-10-16/h6-12,14H,4-5,13H2,1-3H3,(H,23,24,25). The Bertz CT molecular complexity index is 935. The second kappa shape index (κ2) is 9.37. The van der Waals surface area contributed by atoms with Crippen LogP contribution in [0.3, 0.4) is 0 Å². The number of nitrogens with zero attached hydrogens (tertiary/aromatic N) is 1. The molecule has 0 saturated heterocycles. The smallest absolute Gasteiger partial charge is 0.257 e. The molecule has 3 aromatic rings. The van der Waals surface area contributed by atoms with Crippen molar-refractivity contribution in [1.29, 1.82) is 0 Å². The molecule has 28 heavy (non-hydrogen) atoms. The fourth-order valence-electron chi connectivity index (χ4n) is 2.70. The lowest BCUT2D eigenvalue weighted by atomic mass is 10.1. The molecule has 1 aromatic heterocycles. The van der Waals surface area contributed by atoms with E-state index < -0.39 is 0 Å². The predicted octanol–water partition coefficient (Wildman–Crippen LogP) is 5.56. The quantitative estimate of drug-likeness (QED) is 0.507. The Morgan fingerprint density at radius 2 is 1.93 bits per heavy atom. The summed E-state index contributed by atoms with van der Waals surface area (Å²) in [7, 11) is 1.64. The van der Waals surface area contributed by atoms with Gasteiger partial charge in [0.2, 0.25) is 0 Å². The van der Waals surface area contributed by atoms with E-state index in [4.69, 9.17) is 9.47 Å². The van der Waals surface area contributed by atoms with Gasteiger partial charge in [0.25, 0.3) is 5.91 Å². The van der Waals surface area contributed by atoms with Crippen LogP contribution in [0.15, 0.2) is 48.5 Å². The predicted molar refractivity (Wildman–Crippen MR) is 114 cm³/mol. The van der Waals surface area contributed by atoms with Gasteiger partial charge in [-0.2, -0.15) is 0 Å². The first kappa shape index (κ1) is 19.9. The van der Waals surface area contributed by atoms with Crippen LogP contribution in [-0.2, 0) is 0 Å². The Balaban J connectivity index is 1.71. The number of hydrogen-bond acceptors (Lipinski definition) is 5. The summed E-state index contributed by atoms with van der Waals surface area (Å²) >= 11 is 1.46. The van der Waals surface area contributed by atoms with Crippen LogP contribution in [0.4, 0.5) is 5.13 Å². The molecule has 0 bridgehead atoms. The summed E-state index contributed by atoms with van der Waals surface area (Å²) in [6.07, 6.45) is 2.06. The van der Waals surface area contributed by atoms with Gasteiger partial charge in [0, 0.05) is 16.0 Å². The molecule has 0 aliphatic rings. The lowest BCUT2D eigenvalue weighted by molar-refractivity contribution is 0.102. The van der Waals surface area contributed by atoms with Crippen LogP contribution in [0, 0.1) is 6.92 Å². The Morgan fingerprint density at radius 3 is 2.64 bits per heavy atom. The maximum Gasteiger partial charge on any atom is 0.257 e. The molecule has 1 heterocycles. The number of unbranched alkanes of at least 4 members (excludes halogenated alkanes) is 1. The number of nitrogens with one attached hydrogen (secondary N) is 1. The molecule has 0 spiro atoms. The molecule has 2 aromatic carbocycles. The number of carbonyl (C=O) groups excluding carboxylic acids is 1. The first-order valence-corrected chi connectivity index (χ1v) is 10.1. The third-order valence-electron chi connectivity index (χ3n) is 4.24. The van der Waals surface area contributed by atoms with E-state index in [0.717, 1.165) is 34.7 Å². The van der Waals surface area contributed by atoms with E-state index in [-0.39, 0.29) is 5.91 Å². The Hall–Kier alpha value is -2.86. The molecule has 0 unspecified atom stereocenters. The van der Waals surface area contributed by atoms with Gasteiger partial charge in [0.15, 0.2) is 5.13 Å². The molecule has 3 rings (SSSR count). The van der Waals surface area contributed by atoms with E-state index in [1.807, 2.05) is 43.3 Å². The van der Waals surface area contributed by atoms with Crippen molar-refractivity contribution in [1.82, 2.24) is 4.98 Å². The number of hydrogen-bond donors (Lipinski definition) is 1. The highest BCUT2D eigenvalue weighted by Gasteiger charge is 2.14. The minimum atomic E-state index is -0.198. The number of ether oxygens (including phenoxy) is 2. The molecule has 5 nitrogen and oxygen atoms in total. The number of rotatable bonds is 8. The third-order valence-corrected chi connectivity index (χ3v) is 5.13. The first-order valence-electron chi connectivity index (χ1n) is 9.26. The lowest BCUT2D eigenvalue weighted by Crippen LogP contribution is -2.11. The largest absolute Gasteiger partial charge is 0.497 e. The molecule has 0 saturated carbocycles. The summed E-state index contributed by atoms with van der Waals surface area (Å²) in [5, 5.41) is 3.47. The molecule has 0 radical (unpaired) electrons. The number of carbonyl (C=O) groups is 1. The molecular formula is C22H24N2O3S. The number of thiazole rings is 1. The monoisotopic (exact) mass is 396 g/mol. The molecule has 1 N–H and O–H groups in total. The zero-order valence-corrected chi connectivity index (χ0v) is 17.1. The first-order chi connectivity index (χ1) is 13.6. The molecule has 146 valence electrons. The maximum atomic E-state index is 12.6. The highest BCUT2D eigenvalue weighted by molar-refractivity contribution is 7.16. The summed E-state index contributed by atoms with van der Waals surface area (Å²) < 4.78 is 10.9. The zero-order valence-electron chi connectivity index (χ0n) is 16.3. The van der Waals surface area contributed by atoms with Crippen molar-refractivity contribution < 1.29 is 14.3 Å². The Kier molecular flexibility index (Phi) is 6.66. The summed E-state index contributed by atoms with van der Waals surface area (Å²) in [6, 6.07) is 14.9. The van der Waals surface area contributed by atoms with Gasteiger partial charge in [-0.3, -0.25) is 10.1 Å². The Morgan fingerprint density at radius 1 is 1.14 bits per heavy atom. The number of aryl methyl sites for hydroxylation is 1. The van der Waals surface area contributed by atoms with E-state index in [1.165, 1.54) is 11.3 Å². The molecular weight excluding hydrogens is 372 g/mol. The van der Waals surface area contributed by atoms with Gasteiger partial charge < -0.3 is 9.47 Å². The summed E-state index contributed by atoms with van der Waals surface area (Å²) in [6.45, 7) is 4.76. The number of amides is 1. The summed E-state index contributed by atoms with van der Waals surface area (Å²) in [5.41, 5.74) is 2.40. The van der Waals surface area contributed by atoms with Crippen molar-refractivity contribution >= 4 is 22.4 Å². The Labute approximate surface area is 169 Å². The normalized spacial score (nSPS) is 10.5. The van der Waals surface area contributed by atoms with Crippen LogP contribution in [0.25, 0.3) is 11.3 Å². The van der Waals surface area contributed by atoms with E-state index in [1.54, 1.807) is 19.2 Å². The molecule has 1 amide bonds. The molecule has 0 atom stereocenters. The van der Waals surface area contributed by atoms with Crippen molar-refractivity contribution in [2.75, 3.05) is 19.0 Å². The zero-order chi connectivity index (χ0) is 19.9. The molecule has 0 fully saturated rings. The minimum Gasteiger partial charge on any atom is -0.497 e. The van der Waals surface area contributed by atoms with Gasteiger partial charge in [0.05, 0.1) is 19.4 Å². The van der Waals surface area contributed by atoms with Gasteiger partial charge in [0.1, 0.15) is 11.5 Å². The van der Waals surface area contributed by atoms with E-state index in [9.17, 15) is 4.79 Å². The van der Waals surface area contributed by atoms with E-state index >= 15 is 0 Å². The second-order valence-corrected chi connectivity index (χ2v) is 7.54. The number of benzene rings is 2. The van der Waals surface area contributed by atoms with Crippen LogP contribution < -0.4 is 14.8 Å². The number of aromatic nitrogens is 1. The maximum absolute atomic E-state index is 12.6. The van der Waals surface area contributed by atoms with Crippen LogP contribution >= 0.6 is 11.3 Å². The van der Waals surface area contributed by atoms with Crippen LogP contribution in [-0.4, -0.2) is 24.6 Å². The molecule has 0 aliphatic heterocycles. The third kappa shape index (κ3) is 4.89. The van der Waals surface area contributed by atoms with Crippen molar-refractivity contribution in [2.24, 2.45) is 0 Å². The highest BCUT2D eigenvalue weighted by atomic mass is 32.1. The van der Waals surface area contributed by atoms with Gasteiger partial charge >= 0.3 is 0 Å². The lowest BCUT2D eigenvalue weighted by Gasteiger charge is -2.07. The fraction of sp³-hybridized carbons (Fsp3) is 0.273. The minimum absolute atomic E-state index is 0.198. The van der Waals surface area contributed by atoms with Crippen molar-refractivity contribution in [3.8, 4) is 22.8 Å². The van der Waals surface area contributed by atoms with Gasteiger partial charge in [-0.1, -0.05) is 19.4 Å². The van der Waals surface area contributed by atoms with Crippen molar-refractivity contribution in [3.63, 3.8) is 0 Å². The average Bonchev–Trinajstić information content (AvgIpc) is 3.08. The van der Waals surface area contributed by atoms with Crippen molar-refractivity contribution in [3.05, 3.63) is 59.0 Å². The fourth-order valence-corrected chi connectivity index (χ4v) is 3.53. The van der Waals surface area contributed by atoms with Crippen LogP contribution in [0.2, 0.25) is 0 Å².